The Morgan fingerprint density at radius 2 is 1.47 bits per heavy atom. The Hall–Kier alpha value is -0.920. The van der Waals surface area contributed by atoms with Gasteiger partial charge in [0.15, 0.2) is 0 Å². The first-order valence-corrected chi connectivity index (χ1v) is 6.84. The van der Waals surface area contributed by atoms with Crippen molar-refractivity contribution in [2.45, 2.75) is 70.8 Å². The average Bonchev–Trinajstić information content (AvgIpc) is 2.36. The van der Waals surface area contributed by atoms with Crippen molar-refractivity contribution in [3.8, 4) is 24.7 Å². The number of hydrogen-bond donors (Lipinski definition) is 1. The molecule has 96 valence electrons. The molecule has 0 fully saturated rings. The number of aliphatic hydroxyl groups excluding tert-OH is 1. The normalized spacial score (nSPS) is 13.6. The summed E-state index contributed by atoms with van der Waals surface area (Å²) in [6.45, 7) is 2.21. The molecule has 0 amide bonds. The molecular formula is C16H26O. The van der Waals surface area contributed by atoms with E-state index in [0.717, 1.165) is 32.1 Å². The van der Waals surface area contributed by atoms with Gasteiger partial charge in [-0.15, -0.1) is 18.8 Å². The van der Waals surface area contributed by atoms with Crippen molar-refractivity contribution in [1.29, 1.82) is 0 Å². The van der Waals surface area contributed by atoms with E-state index in [2.05, 4.69) is 18.8 Å². The molecule has 2 atom stereocenters. The maximum absolute atomic E-state index is 9.19. The molecule has 0 radical (unpaired) electrons. The van der Waals surface area contributed by atoms with E-state index in [1.807, 2.05) is 0 Å². The minimum Gasteiger partial charge on any atom is -0.380 e. The second-order valence-corrected chi connectivity index (χ2v) is 4.68. The van der Waals surface area contributed by atoms with E-state index < -0.39 is 6.10 Å². The summed E-state index contributed by atoms with van der Waals surface area (Å²) in [5.74, 6) is 5.67. The SMILES string of the molecule is C#CC(O)CCCCCC(C#C)CCCCC. The summed E-state index contributed by atoms with van der Waals surface area (Å²) in [7, 11) is 0. The summed E-state index contributed by atoms with van der Waals surface area (Å²) >= 11 is 0. The predicted octanol–water partition coefficient (Wildman–Crippen LogP) is 3.76. The molecule has 1 nitrogen and oxygen atoms in total. The van der Waals surface area contributed by atoms with E-state index in [0.29, 0.717) is 12.3 Å². The summed E-state index contributed by atoms with van der Waals surface area (Å²) in [6.07, 6.45) is 20.1. The van der Waals surface area contributed by atoms with Crippen molar-refractivity contribution < 1.29 is 5.11 Å². The second kappa shape index (κ2) is 11.6. The van der Waals surface area contributed by atoms with Crippen LogP contribution in [0.15, 0.2) is 0 Å². The van der Waals surface area contributed by atoms with Gasteiger partial charge < -0.3 is 5.11 Å². The lowest BCUT2D eigenvalue weighted by Crippen LogP contribution is -2.02. The minimum atomic E-state index is -0.567. The first-order chi connectivity index (χ1) is 8.24. The lowest BCUT2D eigenvalue weighted by atomic mass is 9.95. The van der Waals surface area contributed by atoms with Gasteiger partial charge in [-0.25, -0.2) is 0 Å². The maximum Gasteiger partial charge on any atom is 0.114 e. The van der Waals surface area contributed by atoms with Crippen LogP contribution in [0, 0.1) is 30.6 Å². The van der Waals surface area contributed by atoms with Crippen LogP contribution in [0.4, 0.5) is 0 Å². The molecule has 0 saturated carbocycles. The van der Waals surface area contributed by atoms with Crippen molar-refractivity contribution in [2.24, 2.45) is 5.92 Å². The van der Waals surface area contributed by atoms with E-state index in [-0.39, 0.29) is 0 Å². The maximum atomic E-state index is 9.19. The molecule has 0 aromatic heterocycles. The van der Waals surface area contributed by atoms with E-state index in [1.54, 1.807) is 0 Å². The van der Waals surface area contributed by atoms with Crippen molar-refractivity contribution in [2.75, 3.05) is 0 Å². The van der Waals surface area contributed by atoms with Crippen LogP contribution in [0.1, 0.15) is 64.7 Å². The Labute approximate surface area is 107 Å². The van der Waals surface area contributed by atoms with Crippen molar-refractivity contribution in [3.63, 3.8) is 0 Å². The third kappa shape index (κ3) is 9.98. The molecular weight excluding hydrogens is 208 g/mol. The zero-order chi connectivity index (χ0) is 12.9. The Kier molecular flexibility index (Phi) is 10.9. The largest absolute Gasteiger partial charge is 0.380 e. The molecule has 0 aliphatic heterocycles. The predicted molar refractivity (Wildman–Crippen MR) is 74.4 cm³/mol. The second-order valence-electron chi connectivity index (χ2n) is 4.68. The molecule has 17 heavy (non-hydrogen) atoms. The van der Waals surface area contributed by atoms with Crippen LogP contribution in [0.5, 0.6) is 0 Å². The quantitative estimate of drug-likeness (QED) is 0.451. The topological polar surface area (TPSA) is 20.2 Å². The highest BCUT2D eigenvalue weighted by molar-refractivity contribution is 4.93. The van der Waals surface area contributed by atoms with Crippen LogP contribution in [0.25, 0.3) is 0 Å². The molecule has 0 aliphatic rings. The summed E-state index contributed by atoms with van der Waals surface area (Å²) in [5, 5.41) is 9.19. The molecule has 0 rings (SSSR count). The number of aliphatic hydroxyl groups is 1. The van der Waals surface area contributed by atoms with Gasteiger partial charge >= 0.3 is 0 Å². The summed E-state index contributed by atoms with van der Waals surface area (Å²) in [6, 6.07) is 0. The monoisotopic (exact) mass is 234 g/mol. The van der Waals surface area contributed by atoms with Crippen LogP contribution in [-0.4, -0.2) is 11.2 Å². The zero-order valence-corrected chi connectivity index (χ0v) is 11.1. The van der Waals surface area contributed by atoms with Gasteiger partial charge in [0.2, 0.25) is 0 Å². The molecule has 0 heterocycles. The fourth-order valence-electron chi connectivity index (χ4n) is 1.94. The molecule has 2 unspecified atom stereocenters. The minimum absolute atomic E-state index is 0.444. The molecule has 0 aliphatic carbocycles. The third-order valence-electron chi connectivity index (χ3n) is 3.11. The third-order valence-corrected chi connectivity index (χ3v) is 3.11. The van der Waals surface area contributed by atoms with Gasteiger partial charge in [-0.2, -0.15) is 0 Å². The van der Waals surface area contributed by atoms with Crippen LogP contribution >= 0.6 is 0 Å². The smallest absolute Gasteiger partial charge is 0.114 e. The molecule has 1 heteroatoms. The highest BCUT2D eigenvalue weighted by Crippen LogP contribution is 2.17. The lowest BCUT2D eigenvalue weighted by Gasteiger charge is -2.10. The van der Waals surface area contributed by atoms with Crippen LogP contribution in [0.3, 0.4) is 0 Å². The molecule has 0 aromatic rings. The fraction of sp³-hybridized carbons (Fsp3) is 0.750. The summed E-state index contributed by atoms with van der Waals surface area (Å²) in [5.41, 5.74) is 0. The number of hydrogen-bond acceptors (Lipinski definition) is 1. The Bertz CT molecular complexity index is 243. The van der Waals surface area contributed by atoms with Crippen LogP contribution in [-0.2, 0) is 0 Å². The standard InChI is InChI=1S/C16H26O/c1-4-7-9-12-15(5-2)13-10-8-11-14-16(17)6-3/h2-3,15-17H,4,7-14H2,1H3. The lowest BCUT2D eigenvalue weighted by molar-refractivity contribution is 0.217. The fourth-order valence-corrected chi connectivity index (χ4v) is 1.94. The van der Waals surface area contributed by atoms with Crippen LogP contribution < -0.4 is 0 Å². The number of unbranched alkanes of at least 4 members (excludes halogenated alkanes) is 4. The van der Waals surface area contributed by atoms with Gasteiger partial charge in [-0.05, 0) is 25.7 Å². The molecule has 0 saturated heterocycles. The van der Waals surface area contributed by atoms with Gasteiger partial charge in [0, 0.05) is 5.92 Å². The number of terminal acetylenes is 2. The van der Waals surface area contributed by atoms with Gasteiger partial charge in [-0.1, -0.05) is 44.9 Å². The van der Waals surface area contributed by atoms with Crippen molar-refractivity contribution >= 4 is 0 Å². The van der Waals surface area contributed by atoms with Crippen molar-refractivity contribution in [3.05, 3.63) is 0 Å². The van der Waals surface area contributed by atoms with Crippen LogP contribution in [0.2, 0.25) is 0 Å². The van der Waals surface area contributed by atoms with E-state index in [1.165, 1.54) is 19.3 Å². The van der Waals surface area contributed by atoms with E-state index in [9.17, 15) is 5.11 Å². The Balaban J connectivity index is 3.45. The van der Waals surface area contributed by atoms with E-state index in [4.69, 9.17) is 12.8 Å². The highest BCUT2D eigenvalue weighted by Gasteiger charge is 2.05. The van der Waals surface area contributed by atoms with Gasteiger partial charge in [-0.3, -0.25) is 0 Å². The van der Waals surface area contributed by atoms with Gasteiger partial charge in [0.05, 0.1) is 0 Å². The zero-order valence-electron chi connectivity index (χ0n) is 11.1. The Morgan fingerprint density at radius 1 is 0.882 bits per heavy atom. The molecule has 0 aromatic carbocycles. The number of rotatable bonds is 10. The van der Waals surface area contributed by atoms with E-state index >= 15 is 0 Å². The van der Waals surface area contributed by atoms with Crippen molar-refractivity contribution in [1.82, 2.24) is 0 Å². The van der Waals surface area contributed by atoms with Gasteiger partial charge in [0.25, 0.3) is 0 Å². The molecule has 1 N–H and O–H groups in total. The first kappa shape index (κ1) is 16.1. The Morgan fingerprint density at radius 3 is 2.00 bits per heavy atom. The summed E-state index contributed by atoms with van der Waals surface area (Å²) in [4.78, 5) is 0. The first-order valence-electron chi connectivity index (χ1n) is 6.84. The molecule has 0 bridgehead atoms. The average molecular weight is 234 g/mol. The highest BCUT2D eigenvalue weighted by atomic mass is 16.3. The van der Waals surface area contributed by atoms with Gasteiger partial charge in [0.1, 0.15) is 6.10 Å². The molecule has 0 spiro atoms. The summed E-state index contributed by atoms with van der Waals surface area (Å²) < 4.78 is 0.